The molecular weight excluding hydrogens is 164 g/mol. The Morgan fingerprint density at radius 1 is 1.42 bits per heavy atom. The standard InChI is InChI=1S/C5H10N4O3/c6-3(1-2-10)4(11)8-9-5(7)12/h2-3H,1,6H2,(H,8,11)(H3,7,9,12). The lowest BCUT2D eigenvalue weighted by Crippen LogP contribution is -2.50. The highest BCUT2D eigenvalue weighted by Crippen LogP contribution is 1.81. The van der Waals surface area contributed by atoms with E-state index in [2.05, 4.69) is 5.73 Å². The SMILES string of the molecule is NC(=O)NNC(=O)C(N)CC=O. The van der Waals surface area contributed by atoms with Crippen LogP contribution in [-0.2, 0) is 9.59 Å². The highest BCUT2D eigenvalue weighted by Gasteiger charge is 2.11. The summed E-state index contributed by atoms with van der Waals surface area (Å²) in [5.41, 5.74) is 13.6. The van der Waals surface area contributed by atoms with E-state index in [9.17, 15) is 14.4 Å². The highest BCUT2D eigenvalue weighted by molar-refractivity contribution is 5.85. The van der Waals surface area contributed by atoms with Gasteiger partial charge in [0.25, 0.3) is 5.91 Å². The number of nitrogens with two attached hydrogens (primary N) is 2. The number of carbonyl (C=O) groups is 3. The van der Waals surface area contributed by atoms with Crippen LogP contribution in [0.25, 0.3) is 0 Å². The minimum Gasteiger partial charge on any atom is -0.350 e. The van der Waals surface area contributed by atoms with Gasteiger partial charge >= 0.3 is 6.03 Å². The molecule has 68 valence electrons. The Morgan fingerprint density at radius 3 is 2.42 bits per heavy atom. The van der Waals surface area contributed by atoms with Crippen molar-refractivity contribution in [1.29, 1.82) is 0 Å². The van der Waals surface area contributed by atoms with Crippen molar-refractivity contribution in [3.8, 4) is 0 Å². The molecule has 12 heavy (non-hydrogen) atoms. The summed E-state index contributed by atoms with van der Waals surface area (Å²) < 4.78 is 0. The molecule has 0 saturated heterocycles. The molecular formula is C5H10N4O3. The van der Waals surface area contributed by atoms with Crippen LogP contribution in [0, 0.1) is 0 Å². The fourth-order valence-electron chi connectivity index (χ4n) is 0.427. The maximum atomic E-state index is 10.8. The number of aldehydes is 1. The molecule has 6 N–H and O–H groups in total. The van der Waals surface area contributed by atoms with E-state index in [0.29, 0.717) is 6.29 Å². The van der Waals surface area contributed by atoms with E-state index in [1.807, 2.05) is 10.9 Å². The molecule has 0 aromatic carbocycles. The molecule has 0 rings (SSSR count). The monoisotopic (exact) mass is 174 g/mol. The number of amides is 3. The molecule has 1 unspecified atom stereocenters. The third-order valence-electron chi connectivity index (χ3n) is 0.996. The van der Waals surface area contributed by atoms with Crippen LogP contribution in [0.2, 0.25) is 0 Å². The van der Waals surface area contributed by atoms with Gasteiger partial charge in [0.2, 0.25) is 0 Å². The second-order valence-corrected chi connectivity index (χ2v) is 1.99. The van der Waals surface area contributed by atoms with Crippen molar-refractivity contribution in [1.82, 2.24) is 10.9 Å². The fraction of sp³-hybridized carbons (Fsp3) is 0.400. The predicted molar refractivity (Wildman–Crippen MR) is 39.5 cm³/mol. The lowest BCUT2D eigenvalue weighted by Gasteiger charge is -2.08. The first-order valence-electron chi connectivity index (χ1n) is 3.12. The normalized spacial score (nSPS) is 11.4. The zero-order chi connectivity index (χ0) is 9.56. The topological polar surface area (TPSA) is 127 Å². The van der Waals surface area contributed by atoms with Crippen LogP contribution in [0.4, 0.5) is 4.79 Å². The van der Waals surface area contributed by atoms with E-state index in [1.165, 1.54) is 0 Å². The van der Waals surface area contributed by atoms with Crippen LogP contribution < -0.4 is 22.3 Å². The minimum atomic E-state index is -0.964. The summed E-state index contributed by atoms with van der Waals surface area (Å²) >= 11 is 0. The van der Waals surface area contributed by atoms with E-state index in [4.69, 9.17) is 5.73 Å². The van der Waals surface area contributed by atoms with Gasteiger partial charge in [-0.2, -0.15) is 0 Å². The first-order chi connectivity index (χ1) is 5.57. The van der Waals surface area contributed by atoms with Gasteiger partial charge in [0.1, 0.15) is 6.29 Å². The highest BCUT2D eigenvalue weighted by atomic mass is 16.2. The van der Waals surface area contributed by atoms with Gasteiger partial charge in [0.05, 0.1) is 6.04 Å². The van der Waals surface area contributed by atoms with Crippen LogP contribution in [-0.4, -0.2) is 24.3 Å². The van der Waals surface area contributed by atoms with Gasteiger partial charge in [-0.3, -0.25) is 10.2 Å². The summed E-state index contributed by atoms with van der Waals surface area (Å²) in [5.74, 6) is -0.666. The van der Waals surface area contributed by atoms with Crippen molar-refractivity contribution in [3.05, 3.63) is 0 Å². The third kappa shape index (κ3) is 4.23. The molecule has 0 heterocycles. The number of nitrogens with one attached hydrogen (secondary N) is 2. The largest absolute Gasteiger partial charge is 0.350 e. The summed E-state index contributed by atoms with van der Waals surface area (Å²) in [4.78, 5) is 30.7. The van der Waals surface area contributed by atoms with Crippen molar-refractivity contribution in [2.45, 2.75) is 12.5 Å². The summed E-state index contributed by atoms with van der Waals surface area (Å²) in [6.45, 7) is 0. The summed E-state index contributed by atoms with van der Waals surface area (Å²) in [6, 6.07) is -1.86. The molecule has 0 radical (unpaired) electrons. The van der Waals surface area contributed by atoms with Gasteiger partial charge in [-0.15, -0.1) is 0 Å². The number of hydrogen-bond acceptors (Lipinski definition) is 4. The van der Waals surface area contributed by atoms with Crippen molar-refractivity contribution in [2.75, 3.05) is 0 Å². The first kappa shape index (κ1) is 10.4. The summed E-state index contributed by atoms with van der Waals surface area (Å²) in [6.07, 6.45) is 0.404. The molecule has 0 spiro atoms. The second-order valence-electron chi connectivity index (χ2n) is 1.99. The van der Waals surface area contributed by atoms with Crippen LogP contribution in [0.3, 0.4) is 0 Å². The van der Waals surface area contributed by atoms with Crippen LogP contribution >= 0.6 is 0 Å². The van der Waals surface area contributed by atoms with Crippen molar-refractivity contribution in [2.24, 2.45) is 11.5 Å². The molecule has 7 nitrogen and oxygen atoms in total. The molecule has 0 bridgehead atoms. The van der Waals surface area contributed by atoms with Crippen LogP contribution in [0.1, 0.15) is 6.42 Å². The smallest absolute Gasteiger partial charge is 0.330 e. The Hall–Kier alpha value is -1.63. The maximum absolute atomic E-state index is 10.8. The van der Waals surface area contributed by atoms with Crippen LogP contribution in [0.5, 0.6) is 0 Å². The van der Waals surface area contributed by atoms with Gasteiger partial charge in [0.15, 0.2) is 0 Å². The van der Waals surface area contributed by atoms with Gasteiger partial charge in [0, 0.05) is 6.42 Å². The maximum Gasteiger partial charge on any atom is 0.330 e. The van der Waals surface area contributed by atoms with Crippen molar-refractivity contribution >= 4 is 18.2 Å². The van der Waals surface area contributed by atoms with E-state index in [1.54, 1.807) is 0 Å². The number of hydrogen-bond donors (Lipinski definition) is 4. The van der Waals surface area contributed by atoms with Crippen molar-refractivity contribution < 1.29 is 14.4 Å². The Labute approximate surface area is 68.4 Å². The number of hydrazine groups is 1. The molecule has 0 aliphatic rings. The summed E-state index contributed by atoms with van der Waals surface area (Å²) in [7, 11) is 0. The van der Waals surface area contributed by atoms with E-state index in [-0.39, 0.29) is 6.42 Å². The lowest BCUT2D eigenvalue weighted by atomic mass is 10.2. The molecule has 1 atom stereocenters. The molecule has 0 aliphatic carbocycles. The third-order valence-corrected chi connectivity index (χ3v) is 0.996. The lowest BCUT2D eigenvalue weighted by molar-refractivity contribution is -0.124. The Bertz CT molecular complexity index is 193. The first-order valence-corrected chi connectivity index (χ1v) is 3.12. The number of urea groups is 1. The van der Waals surface area contributed by atoms with Gasteiger partial charge in [-0.25, -0.2) is 10.2 Å². The zero-order valence-corrected chi connectivity index (χ0v) is 6.24. The predicted octanol–water partition coefficient (Wildman–Crippen LogP) is -2.40. The van der Waals surface area contributed by atoms with E-state index in [0.717, 1.165) is 0 Å². The van der Waals surface area contributed by atoms with E-state index >= 15 is 0 Å². The molecule has 0 aromatic heterocycles. The Morgan fingerprint density at radius 2 is 2.00 bits per heavy atom. The molecule has 0 fully saturated rings. The number of rotatable bonds is 3. The number of carbonyl (C=O) groups excluding carboxylic acids is 3. The average molecular weight is 174 g/mol. The fourth-order valence-corrected chi connectivity index (χ4v) is 0.427. The van der Waals surface area contributed by atoms with Gasteiger partial charge in [-0.1, -0.05) is 0 Å². The van der Waals surface area contributed by atoms with Gasteiger partial charge < -0.3 is 16.3 Å². The quantitative estimate of drug-likeness (QED) is 0.281. The number of primary amides is 1. The van der Waals surface area contributed by atoms with Crippen LogP contribution in [0.15, 0.2) is 0 Å². The molecule has 0 saturated carbocycles. The molecule has 7 heteroatoms. The van der Waals surface area contributed by atoms with E-state index < -0.39 is 18.0 Å². The van der Waals surface area contributed by atoms with Gasteiger partial charge in [-0.05, 0) is 0 Å². The second kappa shape index (κ2) is 5.08. The van der Waals surface area contributed by atoms with Crippen molar-refractivity contribution in [3.63, 3.8) is 0 Å². The molecule has 0 aliphatic heterocycles. The summed E-state index contributed by atoms with van der Waals surface area (Å²) in [5, 5.41) is 0. The average Bonchev–Trinajstić information content (AvgIpc) is 2.00. The zero-order valence-electron chi connectivity index (χ0n) is 6.24. The Balaban J connectivity index is 3.71. The molecule has 3 amide bonds. The molecule has 0 aromatic rings. The minimum absolute atomic E-state index is 0.105. The Kier molecular flexibility index (Phi) is 4.39.